The molecule has 0 fully saturated rings. The second kappa shape index (κ2) is 6.29. The second-order valence-electron chi connectivity index (χ2n) is 4.44. The Hall–Kier alpha value is -2.21. The quantitative estimate of drug-likeness (QED) is 0.875. The van der Waals surface area contributed by atoms with E-state index in [0.717, 1.165) is 5.56 Å². The van der Waals surface area contributed by atoms with E-state index in [1.165, 1.54) is 12.3 Å². The first-order valence-corrected chi connectivity index (χ1v) is 6.26. The van der Waals surface area contributed by atoms with E-state index < -0.39 is 11.7 Å². The van der Waals surface area contributed by atoms with Gasteiger partial charge in [0.15, 0.2) is 17.5 Å². The van der Waals surface area contributed by atoms with E-state index in [-0.39, 0.29) is 5.75 Å². The van der Waals surface area contributed by atoms with Crippen LogP contribution < -0.4 is 15.8 Å². The average Bonchev–Trinajstić information content (AvgIpc) is 2.43. The lowest BCUT2D eigenvalue weighted by Gasteiger charge is -2.13. The van der Waals surface area contributed by atoms with Crippen LogP contribution in [0.15, 0.2) is 35.0 Å². The predicted octanol–water partition coefficient (Wildman–Crippen LogP) is 1.49. The van der Waals surface area contributed by atoms with Crippen LogP contribution in [0.3, 0.4) is 0 Å². The van der Waals surface area contributed by atoms with Crippen molar-refractivity contribution in [3.8, 4) is 5.75 Å². The highest BCUT2D eigenvalue weighted by Gasteiger charge is 2.15. The van der Waals surface area contributed by atoms with Gasteiger partial charge >= 0.3 is 0 Å². The third kappa shape index (κ3) is 3.42. The van der Waals surface area contributed by atoms with Crippen LogP contribution >= 0.6 is 0 Å². The number of carbonyl (C=O) groups excluding carboxylic acids is 1. The number of nitrogens with two attached hydrogens (primary N) is 1. The number of amides is 1. The van der Waals surface area contributed by atoms with E-state index in [1.54, 1.807) is 19.2 Å². The van der Waals surface area contributed by atoms with E-state index in [9.17, 15) is 9.18 Å². The molecule has 0 bridgehead atoms. The molecule has 0 spiro atoms. The SMILES string of the molecule is CNCc1ccc(OC2=NC=C(C(N)=O)CC2)c(F)c1. The molecule has 3 N–H and O–H groups in total. The Balaban J connectivity index is 2.09. The van der Waals surface area contributed by atoms with Crippen molar-refractivity contribution in [1.82, 2.24) is 5.32 Å². The van der Waals surface area contributed by atoms with Gasteiger partial charge in [0.25, 0.3) is 0 Å². The Morgan fingerprint density at radius 2 is 2.30 bits per heavy atom. The minimum absolute atomic E-state index is 0.125. The Bertz CT molecular complexity index is 582. The first-order chi connectivity index (χ1) is 9.60. The maximum absolute atomic E-state index is 13.8. The minimum Gasteiger partial charge on any atom is -0.440 e. The van der Waals surface area contributed by atoms with E-state index in [4.69, 9.17) is 10.5 Å². The number of nitrogens with zero attached hydrogens (tertiary/aromatic N) is 1. The van der Waals surface area contributed by atoms with Gasteiger partial charge in [-0.25, -0.2) is 9.38 Å². The zero-order chi connectivity index (χ0) is 14.5. The molecule has 2 rings (SSSR count). The first kappa shape index (κ1) is 14.2. The van der Waals surface area contributed by atoms with Gasteiger partial charge in [-0.15, -0.1) is 0 Å². The molecule has 0 saturated heterocycles. The van der Waals surface area contributed by atoms with Crippen LogP contribution in [0.4, 0.5) is 4.39 Å². The summed E-state index contributed by atoms with van der Waals surface area (Å²) in [5, 5.41) is 2.94. The third-order valence-electron chi connectivity index (χ3n) is 2.89. The lowest BCUT2D eigenvalue weighted by atomic mass is 10.1. The molecule has 6 heteroatoms. The lowest BCUT2D eigenvalue weighted by Crippen LogP contribution is -2.19. The van der Waals surface area contributed by atoms with Gasteiger partial charge in [0.05, 0.1) is 0 Å². The fourth-order valence-electron chi connectivity index (χ4n) is 1.85. The molecular formula is C14H16FN3O2. The standard InChI is InChI=1S/C14H16FN3O2/c1-17-7-9-2-4-12(11(15)6-9)20-13-5-3-10(8-18-13)14(16)19/h2,4,6,8,17H,3,5,7H2,1H3,(H2,16,19). The first-order valence-electron chi connectivity index (χ1n) is 6.26. The highest BCUT2D eigenvalue weighted by molar-refractivity contribution is 5.94. The molecule has 0 aliphatic carbocycles. The predicted molar refractivity (Wildman–Crippen MR) is 73.7 cm³/mol. The molecule has 0 unspecified atom stereocenters. The number of rotatable bonds is 4. The Kier molecular flexibility index (Phi) is 4.47. The number of hydrogen-bond donors (Lipinski definition) is 2. The normalized spacial score (nSPS) is 14.5. The number of hydrogen-bond acceptors (Lipinski definition) is 4. The summed E-state index contributed by atoms with van der Waals surface area (Å²) in [4.78, 5) is 14.9. The van der Waals surface area contributed by atoms with Gasteiger partial charge in [0.1, 0.15) is 0 Å². The van der Waals surface area contributed by atoms with Crippen LogP contribution in [-0.4, -0.2) is 18.9 Å². The van der Waals surface area contributed by atoms with Gasteiger partial charge in [-0.1, -0.05) is 6.07 Å². The average molecular weight is 277 g/mol. The molecule has 0 aromatic heterocycles. The summed E-state index contributed by atoms with van der Waals surface area (Å²) in [7, 11) is 1.79. The molecule has 0 radical (unpaired) electrons. The van der Waals surface area contributed by atoms with Crippen molar-refractivity contribution in [3.05, 3.63) is 41.4 Å². The fraction of sp³-hybridized carbons (Fsp3) is 0.286. The van der Waals surface area contributed by atoms with Crippen molar-refractivity contribution in [3.63, 3.8) is 0 Å². The summed E-state index contributed by atoms with van der Waals surface area (Å²) in [5.74, 6) is -0.435. The molecule has 0 saturated carbocycles. The van der Waals surface area contributed by atoms with E-state index in [1.807, 2.05) is 0 Å². The van der Waals surface area contributed by atoms with Crippen molar-refractivity contribution in [2.45, 2.75) is 19.4 Å². The Morgan fingerprint density at radius 1 is 1.50 bits per heavy atom. The Morgan fingerprint density at radius 3 is 2.85 bits per heavy atom. The van der Waals surface area contributed by atoms with Crippen LogP contribution in [0.5, 0.6) is 5.75 Å². The minimum atomic E-state index is -0.490. The Labute approximate surface area is 116 Å². The van der Waals surface area contributed by atoms with Crippen LogP contribution in [0.1, 0.15) is 18.4 Å². The molecule has 5 nitrogen and oxygen atoms in total. The lowest BCUT2D eigenvalue weighted by molar-refractivity contribution is -0.114. The maximum Gasteiger partial charge on any atom is 0.246 e. The number of benzene rings is 1. The maximum atomic E-state index is 13.8. The summed E-state index contributed by atoms with van der Waals surface area (Å²) < 4.78 is 19.2. The van der Waals surface area contributed by atoms with Gasteiger partial charge in [-0.3, -0.25) is 4.79 Å². The topological polar surface area (TPSA) is 76.7 Å². The molecule has 1 aliphatic rings. The van der Waals surface area contributed by atoms with Crippen molar-refractivity contribution in [2.75, 3.05) is 7.05 Å². The third-order valence-corrected chi connectivity index (χ3v) is 2.89. The van der Waals surface area contributed by atoms with Crippen molar-refractivity contribution >= 4 is 11.8 Å². The molecule has 1 amide bonds. The number of halogens is 1. The number of ether oxygens (including phenoxy) is 1. The number of nitrogens with one attached hydrogen (secondary N) is 1. The highest BCUT2D eigenvalue weighted by Crippen LogP contribution is 2.21. The van der Waals surface area contributed by atoms with Gasteiger partial charge in [0, 0.05) is 24.7 Å². The zero-order valence-electron chi connectivity index (χ0n) is 11.1. The summed E-state index contributed by atoms with van der Waals surface area (Å²) in [6.07, 6.45) is 2.24. The molecule has 1 aromatic rings. The summed E-state index contributed by atoms with van der Waals surface area (Å²) >= 11 is 0. The van der Waals surface area contributed by atoms with Crippen molar-refractivity contribution in [2.24, 2.45) is 10.7 Å². The van der Waals surface area contributed by atoms with Gasteiger partial charge in [0.2, 0.25) is 5.91 Å². The van der Waals surface area contributed by atoms with Gasteiger partial charge in [-0.2, -0.15) is 0 Å². The van der Waals surface area contributed by atoms with Gasteiger partial charge in [-0.05, 0) is 31.2 Å². The number of carbonyl (C=O) groups is 1. The number of aliphatic imine (C=N–C) groups is 1. The summed E-state index contributed by atoms with van der Waals surface area (Å²) in [6.45, 7) is 0.586. The van der Waals surface area contributed by atoms with E-state index >= 15 is 0 Å². The largest absolute Gasteiger partial charge is 0.440 e. The van der Waals surface area contributed by atoms with Crippen LogP contribution in [0, 0.1) is 5.82 Å². The summed E-state index contributed by atoms with van der Waals surface area (Å²) in [5.41, 5.74) is 6.43. The van der Waals surface area contributed by atoms with Crippen molar-refractivity contribution in [1.29, 1.82) is 0 Å². The molecule has 0 atom stereocenters. The molecule has 106 valence electrons. The van der Waals surface area contributed by atoms with E-state index in [2.05, 4.69) is 10.3 Å². The molecule has 1 aliphatic heterocycles. The van der Waals surface area contributed by atoms with E-state index in [0.29, 0.717) is 30.9 Å². The molecule has 20 heavy (non-hydrogen) atoms. The molecular weight excluding hydrogens is 261 g/mol. The molecule has 1 heterocycles. The monoisotopic (exact) mass is 277 g/mol. The highest BCUT2D eigenvalue weighted by atomic mass is 19.1. The number of primary amides is 1. The smallest absolute Gasteiger partial charge is 0.246 e. The molecule has 1 aromatic carbocycles. The van der Waals surface area contributed by atoms with Crippen LogP contribution in [0.2, 0.25) is 0 Å². The second-order valence-corrected chi connectivity index (χ2v) is 4.44. The van der Waals surface area contributed by atoms with Gasteiger partial charge < -0.3 is 15.8 Å². The van der Waals surface area contributed by atoms with Crippen molar-refractivity contribution < 1.29 is 13.9 Å². The summed E-state index contributed by atoms with van der Waals surface area (Å²) in [6, 6.07) is 4.76. The fourth-order valence-corrected chi connectivity index (χ4v) is 1.85. The van der Waals surface area contributed by atoms with Crippen LogP contribution in [-0.2, 0) is 11.3 Å². The van der Waals surface area contributed by atoms with Crippen LogP contribution in [0.25, 0.3) is 0 Å². The zero-order valence-corrected chi connectivity index (χ0v) is 11.1.